The molecular weight excluding hydrogens is 479 g/mol. The molecule has 2 aromatic heterocycles. The monoisotopic (exact) mass is 506 g/mol. The minimum Gasteiger partial charge on any atom is -0.367 e. The van der Waals surface area contributed by atoms with Crippen LogP contribution < -0.4 is 0 Å². The van der Waals surface area contributed by atoms with Crippen LogP contribution in [0.15, 0.2) is 41.9 Å². The van der Waals surface area contributed by atoms with Crippen LogP contribution in [0.2, 0.25) is 5.02 Å². The average Bonchev–Trinajstić information content (AvgIpc) is 3.26. The van der Waals surface area contributed by atoms with E-state index in [-0.39, 0.29) is 19.1 Å². The molecular formula is C22H28ClN6O4P. The summed E-state index contributed by atoms with van der Waals surface area (Å²) in [5, 5.41) is 0.608. The van der Waals surface area contributed by atoms with Gasteiger partial charge in [0.15, 0.2) is 17.0 Å². The molecule has 4 rings (SSSR count). The number of hydrogen-bond donors (Lipinski definition) is 0. The molecule has 10 nitrogen and oxygen atoms in total. The van der Waals surface area contributed by atoms with Crippen LogP contribution in [0, 0.1) is 0 Å². The minimum absolute atomic E-state index is 0.134. The van der Waals surface area contributed by atoms with Crippen LogP contribution in [0.1, 0.15) is 31.9 Å². The summed E-state index contributed by atoms with van der Waals surface area (Å²) in [7, 11) is -3.38. The molecule has 3 aromatic rings. The van der Waals surface area contributed by atoms with Crippen LogP contribution in [-0.2, 0) is 24.9 Å². The van der Waals surface area contributed by atoms with Gasteiger partial charge in [0.2, 0.25) is 0 Å². The first-order chi connectivity index (χ1) is 16.5. The molecule has 0 radical (unpaired) electrons. The maximum atomic E-state index is 13.0. The Labute approximate surface area is 203 Å². The maximum absolute atomic E-state index is 13.0. The molecule has 3 heterocycles. The van der Waals surface area contributed by atoms with Crippen molar-refractivity contribution in [3.8, 4) is 0 Å². The third-order valence-electron chi connectivity index (χ3n) is 5.44. The third-order valence-corrected chi connectivity index (χ3v) is 7.33. The van der Waals surface area contributed by atoms with Gasteiger partial charge in [0.25, 0.3) is 0 Å². The van der Waals surface area contributed by atoms with E-state index in [1.165, 1.54) is 6.33 Å². The van der Waals surface area contributed by atoms with Gasteiger partial charge >= 0.3 is 7.60 Å². The molecule has 1 saturated heterocycles. The Morgan fingerprint density at radius 3 is 2.97 bits per heavy atom. The van der Waals surface area contributed by atoms with Crippen molar-refractivity contribution < 1.29 is 18.3 Å². The first-order valence-electron chi connectivity index (χ1n) is 11.2. The summed E-state index contributed by atoms with van der Waals surface area (Å²) in [4.78, 5) is 19.5. The molecule has 0 aliphatic carbocycles. The van der Waals surface area contributed by atoms with Gasteiger partial charge < -0.3 is 18.7 Å². The zero-order valence-corrected chi connectivity index (χ0v) is 20.9. The fourth-order valence-electron chi connectivity index (χ4n) is 3.57. The highest BCUT2D eigenvalue weighted by Gasteiger charge is 2.34. The fraction of sp³-hybridized carbons (Fsp3) is 0.455. The first-order valence-corrected chi connectivity index (χ1v) is 13.3. The second kappa shape index (κ2) is 11.4. The molecule has 1 aromatic carbocycles. The zero-order valence-electron chi connectivity index (χ0n) is 19.2. The van der Waals surface area contributed by atoms with Gasteiger partial charge in [-0.25, -0.2) is 19.9 Å². The predicted octanol–water partition coefficient (Wildman–Crippen LogP) is 4.83. The van der Waals surface area contributed by atoms with Crippen LogP contribution in [0.4, 0.5) is 5.82 Å². The number of aliphatic imine (C=N–C) groups is 1. The largest absolute Gasteiger partial charge is 0.367 e. The normalized spacial score (nSPS) is 20.9. The number of ether oxygens (including phenoxy) is 1. The van der Waals surface area contributed by atoms with Crippen LogP contribution in [0.5, 0.6) is 0 Å². The summed E-state index contributed by atoms with van der Waals surface area (Å²) in [6.45, 7) is 6.92. The molecule has 0 N–H and O–H groups in total. The van der Waals surface area contributed by atoms with Gasteiger partial charge in [-0.15, -0.1) is 0 Å². The smallest absolute Gasteiger partial charge is 0.356 e. The Bertz CT molecular complexity index is 1190. The Kier molecular flexibility index (Phi) is 8.28. The van der Waals surface area contributed by atoms with Crippen LogP contribution in [0.3, 0.4) is 0 Å². The molecule has 182 valence electrons. The Hall–Kier alpha value is -2.36. The molecule has 0 spiro atoms. The number of hydrogen-bond acceptors (Lipinski definition) is 8. The lowest BCUT2D eigenvalue weighted by Gasteiger charge is -2.30. The Balaban J connectivity index is 1.34. The van der Waals surface area contributed by atoms with E-state index in [0.717, 1.165) is 18.7 Å². The summed E-state index contributed by atoms with van der Waals surface area (Å²) in [6.07, 6.45) is 5.03. The van der Waals surface area contributed by atoms with E-state index < -0.39 is 7.60 Å². The van der Waals surface area contributed by atoms with Crippen molar-refractivity contribution in [2.24, 2.45) is 4.99 Å². The minimum atomic E-state index is -3.38. The zero-order chi connectivity index (χ0) is 24.0. The van der Waals surface area contributed by atoms with Crippen molar-refractivity contribution in [1.82, 2.24) is 24.4 Å². The molecule has 1 aliphatic heterocycles. The first kappa shape index (κ1) is 24.8. The number of benzene rings is 1. The van der Waals surface area contributed by atoms with E-state index in [4.69, 9.17) is 25.4 Å². The third kappa shape index (κ3) is 6.00. The van der Waals surface area contributed by atoms with Gasteiger partial charge in [-0.1, -0.05) is 23.7 Å². The van der Waals surface area contributed by atoms with Gasteiger partial charge in [0.05, 0.1) is 32.0 Å². The van der Waals surface area contributed by atoms with Gasteiger partial charge in [0, 0.05) is 31.1 Å². The van der Waals surface area contributed by atoms with E-state index in [9.17, 15) is 4.57 Å². The van der Waals surface area contributed by atoms with Crippen LogP contribution in [-0.4, -0.2) is 63.4 Å². The van der Waals surface area contributed by atoms with Crippen molar-refractivity contribution in [3.63, 3.8) is 0 Å². The lowest BCUT2D eigenvalue weighted by atomic mass is 10.1. The number of imidazole rings is 1. The van der Waals surface area contributed by atoms with Gasteiger partial charge in [0.1, 0.15) is 12.7 Å². The SMILES string of the molecule is CCN(/C=N/c1ncnc2c1ncn2CCOCP1(=O)OCC[C@@H](c2cccc(Cl)c2)O1)CC. The lowest BCUT2D eigenvalue weighted by molar-refractivity contribution is 0.0563. The number of halogens is 1. The topological polar surface area (TPSA) is 104 Å². The van der Waals surface area contributed by atoms with E-state index in [1.54, 1.807) is 18.7 Å². The molecule has 1 fully saturated rings. The predicted molar refractivity (Wildman–Crippen MR) is 131 cm³/mol. The van der Waals surface area contributed by atoms with Crippen molar-refractivity contribution in [2.45, 2.75) is 32.9 Å². The van der Waals surface area contributed by atoms with E-state index >= 15 is 0 Å². The van der Waals surface area contributed by atoms with Crippen LogP contribution in [0.25, 0.3) is 11.2 Å². The summed E-state index contributed by atoms with van der Waals surface area (Å²) in [5.41, 5.74) is 2.14. The number of nitrogens with zero attached hydrogens (tertiary/aromatic N) is 6. The quantitative estimate of drug-likeness (QED) is 0.167. The van der Waals surface area contributed by atoms with Crippen LogP contribution >= 0.6 is 19.2 Å². The molecule has 0 saturated carbocycles. The van der Waals surface area contributed by atoms with E-state index in [2.05, 4.69) is 38.7 Å². The second-order valence-corrected chi connectivity index (χ2v) is 10.1. The second-order valence-electron chi connectivity index (χ2n) is 7.69. The van der Waals surface area contributed by atoms with E-state index in [0.29, 0.717) is 41.6 Å². The van der Waals surface area contributed by atoms with Crippen molar-refractivity contribution >= 4 is 42.5 Å². The molecule has 1 unspecified atom stereocenters. The summed E-state index contributed by atoms with van der Waals surface area (Å²) < 4.78 is 31.8. The molecule has 0 amide bonds. The highest BCUT2D eigenvalue weighted by molar-refractivity contribution is 7.53. The van der Waals surface area contributed by atoms with Crippen molar-refractivity contribution in [2.75, 3.05) is 32.7 Å². The summed E-state index contributed by atoms with van der Waals surface area (Å²) >= 11 is 6.08. The highest BCUT2D eigenvalue weighted by atomic mass is 35.5. The maximum Gasteiger partial charge on any atom is 0.356 e. The molecule has 1 aliphatic rings. The van der Waals surface area contributed by atoms with Crippen molar-refractivity contribution in [1.29, 1.82) is 0 Å². The van der Waals surface area contributed by atoms with Gasteiger partial charge in [-0.3, -0.25) is 9.09 Å². The highest BCUT2D eigenvalue weighted by Crippen LogP contribution is 2.56. The van der Waals surface area contributed by atoms with Gasteiger partial charge in [-0.2, -0.15) is 0 Å². The van der Waals surface area contributed by atoms with E-state index in [1.807, 2.05) is 22.8 Å². The van der Waals surface area contributed by atoms with Gasteiger partial charge in [-0.05, 0) is 31.5 Å². The fourth-order valence-corrected chi connectivity index (χ4v) is 5.31. The number of aromatic nitrogens is 4. The molecule has 34 heavy (non-hydrogen) atoms. The number of fused-ring (bicyclic) bond motifs is 1. The lowest BCUT2D eigenvalue weighted by Crippen LogP contribution is -2.20. The summed E-state index contributed by atoms with van der Waals surface area (Å²) in [5.74, 6) is 0.511. The standard InChI is InChI=1S/C22H28ClN6O4P/c1-3-28(4-2)14-27-21-20-22(25-13-24-21)29(15-26-20)9-11-31-16-34(30)32-10-8-19(33-34)17-6-5-7-18(23)12-17/h5-7,12-15,19H,3-4,8-11,16H2,1-2H3/b27-14+/t19-,34?/m0/s1. The number of rotatable bonds is 10. The molecule has 12 heteroatoms. The summed E-state index contributed by atoms with van der Waals surface area (Å²) in [6, 6.07) is 7.35. The average molecular weight is 507 g/mol. The van der Waals surface area contributed by atoms with Crippen molar-refractivity contribution in [3.05, 3.63) is 47.5 Å². The molecule has 2 atom stereocenters. The molecule has 0 bridgehead atoms. The Morgan fingerprint density at radius 1 is 1.32 bits per heavy atom. The Morgan fingerprint density at radius 2 is 2.18 bits per heavy atom.